The van der Waals surface area contributed by atoms with Gasteiger partial charge in [-0.3, -0.25) is 9.59 Å². The molecule has 0 bridgehead atoms. The van der Waals surface area contributed by atoms with Crippen LogP contribution in [0, 0.1) is 22.7 Å². The van der Waals surface area contributed by atoms with Gasteiger partial charge in [-0.1, -0.05) is 13.8 Å². The topological polar surface area (TPSA) is 61.8 Å². The normalized spacial score (nSPS) is 31.8. The Labute approximate surface area is 162 Å². The lowest BCUT2D eigenvalue weighted by atomic mass is 9.58. The molecule has 1 aliphatic heterocycles. The molecule has 0 unspecified atom stereocenters. The number of hydrogen-bond donors (Lipinski definition) is 0. The number of carbonyl (C=O) groups excluding carboxylic acids is 2. The molecule has 1 saturated heterocycles. The Morgan fingerprint density at radius 2 is 1.85 bits per heavy atom. The molecule has 0 aromatic rings. The van der Waals surface area contributed by atoms with Gasteiger partial charge in [0.05, 0.1) is 25.2 Å². The van der Waals surface area contributed by atoms with Crippen molar-refractivity contribution in [3.8, 4) is 0 Å². The van der Waals surface area contributed by atoms with Gasteiger partial charge in [0.25, 0.3) is 0 Å². The Hall–Kier alpha value is -1.20. The third kappa shape index (κ3) is 3.61. The Kier molecular flexibility index (Phi) is 5.32. The zero-order chi connectivity index (χ0) is 20.0. The molecule has 0 aromatic carbocycles. The van der Waals surface area contributed by atoms with Crippen LogP contribution >= 0.6 is 0 Å². The van der Waals surface area contributed by atoms with E-state index >= 15 is 0 Å². The fourth-order valence-electron chi connectivity index (χ4n) is 4.82. The van der Waals surface area contributed by atoms with E-state index in [1.807, 2.05) is 34.6 Å². The van der Waals surface area contributed by atoms with Gasteiger partial charge in [0.2, 0.25) is 0 Å². The van der Waals surface area contributed by atoms with Crippen LogP contribution < -0.4 is 0 Å². The summed E-state index contributed by atoms with van der Waals surface area (Å²) >= 11 is 0. The van der Waals surface area contributed by atoms with Crippen molar-refractivity contribution in [2.24, 2.45) is 22.7 Å². The molecule has 1 saturated carbocycles. The molecule has 3 atom stereocenters. The number of ketones is 1. The van der Waals surface area contributed by atoms with E-state index < -0.39 is 11.2 Å². The van der Waals surface area contributed by atoms with Crippen LogP contribution in [0.5, 0.6) is 0 Å². The third-order valence-corrected chi connectivity index (χ3v) is 6.68. The number of ether oxygens (including phenoxy) is 3. The van der Waals surface area contributed by atoms with Crippen LogP contribution in [0.4, 0.5) is 0 Å². The lowest BCUT2D eigenvalue weighted by Crippen LogP contribution is -2.47. The quantitative estimate of drug-likeness (QED) is 0.693. The Morgan fingerprint density at radius 1 is 1.22 bits per heavy atom. The first kappa shape index (κ1) is 20.5. The highest BCUT2D eigenvalue weighted by atomic mass is 16.7. The maximum atomic E-state index is 13.5. The molecular weight excluding hydrogens is 344 g/mol. The number of esters is 1. The number of allylic oxidation sites excluding steroid dienone is 1. The summed E-state index contributed by atoms with van der Waals surface area (Å²) in [7, 11) is 0. The van der Waals surface area contributed by atoms with Gasteiger partial charge in [-0.05, 0) is 57.9 Å². The largest absolute Gasteiger partial charge is 0.465 e. The maximum absolute atomic E-state index is 13.5. The zero-order valence-corrected chi connectivity index (χ0v) is 17.6. The highest BCUT2D eigenvalue weighted by Crippen LogP contribution is 2.54. The van der Waals surface area contributed by atoms with Crippen molar-refractivity contribution < 1.29 is 23.8 Å². The minimum atomic E-state index is -0.700. The van der Waals surface area contributed by atoms with Gasteiger partial charge in [-0.25, -0.2) is 0 Å². The van der Waals surface area contributed by atoms with Gasteiger partial charge < -0.3 is 14.2 Å². The number of fused-ring (bicyclic) bond motifs is 1. The molecule has 152 valence electrons. The zero-order valence-electron chi connectivity index (χ0n) is 17.6. The van der Waals surface area contributed by atoms with E-state index in [9.17, 15) is 9.59 Å². The second kappa shape index (κ2) is 7.00. The van der Waals surface area contributed by atoms with Crippen molar-refractivity contribution in [3.05, 3.63) is 11.1 Å². The Balaban J connectivity index is 1.79. The van der Waals surface area contributed by atoms with Crippen LogP contribution in [0.3, 0.4) is 0 Å². The van der Waals surface area contributed by atoms with Crippen LogP contribution in [-0.4, -0.2) is 37.4 Å². The van der Waals surface area contributed by atoms with E-state index in [0.29, 0.717) is 13.2 Å². The molecule has 5 nitrogen and oxygen atoms in total. The smallest absolute Gasteiger partial charge is 0.311 e. The average Bonchev–Trinajstić information content (AvgIpc) is 3.06. The van der Waals surface area contributed by atoms with Gasteiger partial charge in [0.15, 0.2) is 11.6 Å². The van der Waals surface area contributed by atoms with Crippen LogP contribution in [-0.2, 0) is 23.8 Å². The monoisotopic (exact) mass is 378 g/mol. The molecule has 2 fully saturated rings. The van der Waals surface area contributed by atoms with E-state index in [0.717, 1.165) is 36.8 Å². The van der Waals surface area contributed by atoms with Crippen molar-refractivity contribution in [2.45, 2.75) is 73.0 Å². The lowest BCUT2D eigenvalue weighted by Gasteiger charge is -2.48. The third-order valence-electron chi connectivity index (χ3n) is 6.68. The molecule has 0 N–H and O–H groups in total. The van der Waals surface area contributed by atoms with Crippen molar-refractivity contribution in [2.75, 3.05) is 19.8 Å². The maximum Gasteiger partial charge on any atom is 0.311 e. The molecule has 1 spiro atoms. The summed E-state index contributed by atoms with van der Waals surface area (Å²) in [5.74, 6) is -0.848. The highest BCUT2D eigenvalue weighted by molar-refractivity contribution is 6.00. The second-order valence-corrected chi connectivity index (χ2v) is 9.85. The Bertz CT molecular complexity index is 650. The van der Waals surface area contributed by atoms with Crippen LogP contribution in [0.15, 0.2) is 11.1 Å². The summed E-state index contributed by atoms with van der Waals surface area (Å²) in [6.45, 7) is 13.2. The minimum Gasteiger partial charge on any atom is -0.465 e. The van der Waals surface area contributed by atoms with Gasteiger partial charge in [0.1, 0.15) is 0 Å². The van der Waals surface area contributed by atoms with Gasteiger partial charge in [0, 0.05) is 23.8 Å². The van der Waals surface area contributed by atoms with E-state index in [2.05, 4.69) is 6.92 Å². The first-order chi connectivity index (χ1) is 12.5. The van der Waals surface area contributed by atoms with Crippen molar-refractivity contribution >= 4 is 11.8 Å². The molecule has 3 aliphatic rings. The second-order valence-electron chi connectivity index (χ2n) is 9.85. The summed E-state index contributed by atoms with van der Waals surface area (Å²) < 4.78 is 17.4. The fourth-order valence-corrected chi connectivity index (χ4v) is 4.82. The number of Topliss-reactive ketones (excluding diaryl/α,β-unsaturated/α-hetero) is 1. The van der Waals surface area contributed by atoms with Gasteiger partial charge >= 0.3 is 5.97 Å². The molecular formula is C22H34O5. The van der Waals surface area contributed by atoms with Crippen molar-refractivity contribution in [1.82, 2.24) is 0 Å². The molecule has 0 amide bonds. The first-order valence-electron chi connectivity index (χ1n) is 10.2. The lowest BCUT2D eigenvalue weighted by molar-refractivity contribution is -0.156. The Morgan fingerprint density at radius 3 is 2.44 bits per heavy atom. The molecule has 0 aromatic heterocycles. The first-order valence-corrected chi connectivity index (χ1v) is 10.2. The summed E-state index contributed by atoms with van der Waals surface area (Å²) in [6, 6.07) is 0. The molecule has 27 heavy (non-hydrogen) atoms. The number of rotatable bonds is 3. The summed E-state index contributed by atoms with van der Waals surface area (Å²) in [4.78, 5) is 25.6. The average molecular weight is 379 g/mol. The molecule has 2 aliphatic carbocycles. The summed E-state index contributed by atoms with van der Waals surface area (Å²) in [5.41, 5.74) is 1.24. The summed E-state index contributed by atoms with van der Waals surface area (Å²) in [6.07, 6.45) is 3.54. The fraction of sp³-hybridized carbons (Fsp3) is 0.818. The van der Waals surface area contributed by atoms with Gasteiger partial charge in [-0.15, -0.1) is 0 Å². The van der Waals surface area contributed by atoms with Crippen molar-refractivity contribution in [1.29, 1.82) is 0 Å². The SMILES string of the molecule is CC1=C2C(=O)[C@H]([C@H](C)COC(=O)C(C)(C)C)CC[C@@]2(C)CCC12OCCO2. The molecule has 5 heteroatoms. The van der Waals surface area contributed by atoms with Crippen molar-refractivity contribution in [3.63, 3.8) is 0 Å². The molecule has 1 heterocycles. The molecule has 3 rings (SSSR count). The highest BCUT2D eigenvalue weighted by Gasteiger charge is 2.53. The molecule has 0 radical (unpaired) electrons. The van der Waals surface area contributed by atoms with Crippen LogP contribution in [0.1, 0.15) is 67.2 Å². The predicted octanol–water partition coefficient (Wildman–Crippen LogP) is 4.05. The van der Waals surface area contributed by atoms with E-state index in [1.54, 1.807) is 0 Å². The minimum absolute atomic E-state index is 0.00283. The van der Waals surface area contributed by atoms with Gasteiger partial charge in [-0.2, -0.15) is 0 Å². The standard InChI is InChI=1S/C22H34O5/c1-14(13-25-19(24)20(3,4)5)16-7-8-21(6)9-10-22(26-11-12-27-22)15(2)17(21)18(16)23/h14,16H,7-13H2,1-6H3/t14-,16+,21+/m1/s1. The van der Waals surface area contributed by atoms with E-state index in [1.165, 1.54) is 0 Å². The van der Waals surface area contributed by atoms with E-state index in [-0.39, 0.29) is 35.6 Å². The number of hydrogen-bond acceptors (Lipinski definition) is 5. The summed E-state index contributed by atoms with van der Waals surface area (Å²) in [5, 5.41) is 0. The van der Waals surface area contributed by atoms with Crippen LogP contribution in [0.2, 0.25) is 0 Å². The number of carbonyl (C=O) groups is 2. The van der Waals surface area contributed by atoms with Crippen LogP contribution in [0.25, 0.3) is 0 Å². The predicted molar refractivity (Wildman–Crippen MR) is 102 cm³/mol. The van der Waals surface area contributed by atoms with E-state index in [4.69, 9.17) is 14.2 Å².